The number of hydroxylamine groups is 2. The molecule has 1 heterocycles. The molecule has 0 spiro atoms. The fourth-order valence-electron chi connectivity index (χ4n) is 1.83. The molecule has 1 atom stereocenters. The summed E-state index contributed by atoms with van der Waals surface area (Å²) in [6.07, 6.45) is 0.707. The van der Waals surface area contributed by atoms with Crippen LogP contribution in [0, 0.1) is 11.6 Å². The van der Waals surface area contributed by atoms with Crippen LogP contribution in [0.4, 0.5) is 8.78 Å². The fraction of sp³-hybridized carbons (Fsp3) is 0.400. The van der Waals surface area contributed by atoms with Gasteiger partial charge >= 0.3 is 0 Å². The molecule has 1 N–H and O–H groups in total. The maximum absolute atomic E-state index is 13.3. The van der Waals surface area contributed by atoms with Crippen LogP contribution in [0.25, 0.3) is 0 Å². The third kappa shape index (κ3) is 1.76. The van der Waals surface area contributed by atoms with Crippen molar-refractivity contribution in [1.82, 2.24) is 5.06 Å². The molecule has 1 aromatic carbocycles. The van der Waals surface area contributed by atoms with Gasteiger partial charge in [-0.1, -0.05) is 6.07 Å². The van der Waals surface area contributed by atoms with Crippen molar-refractivity contribution in [2.75, 3.05) is 13.1 Å². The number of benzene rings is 1. The Morgan fingerprint density at radius 2 is 2.14 bits per heavy atom. The molecule has 2 nitrogen and oxygen atoms in total. The Labute approximate surface area is 80.7 Å². The van der Waals surface area contributed by atoms with Crippen molar-refractivity contribution >= 4 is 0 Å². The zero-order valence-corrected chi connectivity index (χ0v) is 7.58. The van der Waals surface area contributed by atoms with Crippen molar-refractivity contribution in [3.05, 3.63) is 35.4 Å². The number of nitrogens with zero attached hydrogens (tertiary/aromatic N) is 1. The largest absolute Gasteiger partial charge is 0.314 e. The van der Waals surface area contributed by atoms with Gasteiger partial charge in [0, 0.05) is 25.1 Å². The lowest BCUT2D eigenvalue weighted by Crippen LogP contribution is -2.14. The van der Waals surface area contributed by atoms with Crippen LogP contribution in [0.2, 0.25) is 0 Å². The molecule has 1 aliphatic heterocycles. The molecule has 0 bridgehead atoms. The Kier molecular flexibility index (Phi) is 2.48. The summed E-state index contributed by atoms with van der Waals surface area (Å²) >= 11 is 0. The third-order valence-electron chi connectivity index (χ3n) is 2.57. The van der Waals surface area contributed by atoms with E-state index in [4.69, 9.17) is 5.21 Å². The minimum absolute atomic E-state index is 0.0272. The van der Waals surface area contributed by atoms with Crippen molar-refractivity contribution in [2.24, 2.45) is 0 Å². The quantitative estimate of drug-likeness (QED) is 0.749. The summed E-state index contributed by atoms with van der Waals surface area (Å²) in [6.45, 7) is 0.962. The molecule has 14 heavy (non-hydrogen) atoms. The molecule has 0 aromatic heterocycles. The van der Waals surface area contributed by atoms with Gasteiger partial charge in [0.05, 0.1) is 0 Å². The Hall–Kier alpha value is -1.00. The highest BCUT2D eigenvalue weighted by Crippen LogP contribution is 2.28. The van der Waals surface area contributed by atoms with Gasteiger partial charge in [-0.3, -0.25) is 0 Å². The van der Waals surface area contributed by atoms with E-state index in [1.807, 2.05) is 0 Å². The Bertz CT molecular complexity index is 343. The van der Waals surface area contributed by atoms with Gasteiger partial charge in [0.1, 0.15) is 11.6 Å². The van der Waals surface area contributed by atoms with Gasteiger partial charge in [-0.2, -0.15) is 5.06 Å². The topological polar surface area (TPSA) is 23.5 Å². The number of hydrogen-bond acceptors (Lipinski definition) is 2. The molecular formula is C10H11F2NO. The Balaban J connectivity index is 2.24. The summed E-state index contributed by atoms with van der Waals surface area (Å²) in [7, 11) is 0. The van der Waals surface area contributed by atoms with E-state index in [2.05, 4.69) is 0 Å². The van der Waals surface area contributed by atoms with Crippen LogP contribution in [0.1, 0.15) is 17.9 Å². The predicted molar refractivity (Wildman–Crippen MR) is 47.1 cm³/mol. The minimum Gasteiger partial charge on any atom is -0.314 e. The lowest BCUT2D eigenvalue weighted by molar-refractivity contribution is -0.0692. The summed E-state index contributed by atoms with van der Waals surface area (Å²) in [6, 6.07) is 3.59. The maximum Gasteiger partial charge on any atom is 0.129 e. The molecule has 1 fully saturated rings. The smallest absolute Gasteiger partial charge is 0.129 e. The predicted octanol–water partition coefficient (Wildman–Crippen LogP) is 2.14. The van der Waals surface area contributed by atoms with E-state index in [1.54, 1.807) is 0 Å². The van der Waals surface area contributed by atoms with Gasteiger partial charge in [0.15, 0.2) is 0 Å². The summed E-state index contributed by atoms with van der Waals surface area (Å²) in [4.78, 5) is 0. The molecule has 1 aliphatic rings. The molecule has 0 aliphatic carbocycles. The van der Waals surface area contributed by atoms with Crippen molar-refractivity contribution in [1.29, 1.82) is 0 Å². The second-order valence-electron chi connectivity index (χ2n) is 3.56. The van der Waals surface area contributed by atoms with Crippen LogP contribution >= 0.6 is 0 Å². The Morgan fingerprint density at radius 3 is 2.71 bits per heavy atom. The molecule has 0 saturated carbocycles. The van der Waals surface area contributed by atoms with Crippen LogP contribution in [-0.2, 0) is 0 Å². The van der Waals surface area contributed by atoms with E-state index in [0.29, 0.717) is 25.1 Å². The van der Waals surface area contributed by atoms with Crippen LogP contribution in [0.3, 0.4) is 0 Å². The molecular weight excluding hydrogens is 188 g/mol. The molecule has 1 unspecified atom stereocenters. The van der Waals surface area contributed by atoms with Crippen LogP contribution in [0.15, 0.2) is 18.2 Å². The number of rotatable bonds is 1. The molecule has 1 saturated heterocycles. The first-order valence-corrected chi connectivity index (χ1v) is 4.55. The molecule has 4 heteroatoms. The monoisotopic (exact) mass is 199 g/mol. The first-order valence-electron chi connectivity index (χ1n) is 4.55. The van der Waals surface area contributed by atoms with Crippen LogP contribution < -0.4 is 0 Å². The third-order valence-corrected chi connectivity index (χ3v) is 2.57. The van der Waals surface area contributed by atoms with Crippen LogP contribution in [0.5, 0.6) is 0 Å². The van der Waals surface area contributed by atoms with E-state index in [-0.39, 0.29) is 5.92 Å². The van der Waals surface area contributed by atoms with Gasteiger partial charge in [0.2, 0.25) is 0 Å². The average Bonchev–Trinajstić information content (AvgIpc) is 2.51. The van der Waals surface area contributed by atoms with E-state index in [1.165, 1.54) is 12.1 Å². The fourth-order valence-corrected chi connectivity index (χ4v) is 1.83. The molecule has 0 radical (unpaired) electrons. The van der Waals surface area contributed by atoms with Gasteiger partial charge in [-0.05, 0) is 18.1 Å². The lowest BCUT2D eigenvalue weighted by Gasteiger charge is -2.10. The molecule has 76 valence electrons. The van der Waals surface area contributed by atoms with Crippen molar-refractivity contribution in [3.8, 4) is 0 Å². The van der Waals surface area contributed by atoms with E-state index < -0.39 is 11.6 Å². The second kappa shape index (κ2) is 3.63. The normalized spacial score (nSPS) is 22.9. The van der Waals surface area contributed by atoms with Crippen molar-refractivity contribution in [3.63, 3.8) is 0 Å². The van der Waals surface area contributed by atoms with Gasteiger partial charge in [0.25, 0.3) is 0 Å². The Morgan fingerprint density at radius 1 is 1.36 bits per heavy atom. The summed E-state index contributed by atoms with van der Waals surface area (Å²) < 4.78 is 25.9. The summed E-state index contributed by atoms with van der Waals surface area (Å²) in [5.74, 6) is -1.11. The molecule has 2 rings (SSSR count). The highest BCUT2D eigenvalue weighted by atomic mass is 19.1. The first-order chi connectivity index (χ1) is 6.66. The average molecular weight is 199 g/mol. The SMILES string of the molecule is ON1CCC(c2ccc(F)cc2F)C1. The highest BCUT2D eigenvalue weighted by Gasteiger charge is 2.24. The zero-order chi connectivity index (χ0) is 10.1. The van der Waals surface area contributed by atoms with Crippen molar-refractivity contribution < 1.29 is 14.0 Å². The number of hydrogen-bond donors (Lipinski definition) is 1. The molecule has 1 aromatic rings. The zero-order valence-electron chi connectivity index (χ0n) is 7.58. The number of halogens is 2. The van der Waals surface area contributed by atoms with E-state index >= 15 is 0 Å². The van der Waals surface area contributed by atoms with E-state index in [0.717, 1.165) is 11.1 Å². The van der Waals surface area contributed by atoms with Crippen LogP contribution in [-0.4, -0.2) is 23.4 Å². The van der Waals surface area contributed by atoms with Gasteiger partial charge in [-0.15, -0.1) is 0 Å². The second-order valence-corrected chi connectivity index (χ2v) is 3.56. The lowest BCUT2D eigenvalue weighted by atomic mass is 9.98. The standard InChI is InChI=1S/C10H11F2NO/c11-8-1-2-9(10(12)5-8)7-3-4-13(14)6-7/h1-2,5,7,14H,3-4,6H2. The van der Waals surface area contributed by atoms with Gasteiger partial charge in [-0.25, -0.2) is 8.78 Å². The summed E-state index contributed by atoms with van der Waals surface area (Å²) in [5, 5.41) is 10.3. The first kappa shape index (κ1) is 9.55. The summed E-state index contributed by atoms with van der Waals surface area (Å²) in [5.41, 5.74) is 0.489. The maximum atomic E-state index is 13.3. The van der Waals surface area contributed by atoms with E-state index in [9.17, 15) is 8.78 Å². The minimum atomic E-state index is -0.565. The highest BCUT2D eigenvalue weighted by molar-refractivity contribution is 5.23. The van der Waals surface area contributed by atoms with Gasteiger partial charge < -0.3 is 5.21 Å². The van der Waals surface area contributed by atoms with Crippen molar-refractivity contribution in [2.45, 2.75) is 12.3 Å². The molecule has 0 amide bonds.